The van der Waals surface area contributed by atoms with Crippen LogP contribution < -0.4 is 36.1 Å². The summed E-state index contributed by atoms with van der Waals surface area (Å²) in [5, 5.41) is 25.2. The van der Waals surface area contributed by atoms with Crippen LogP contribution in [0.3, 0.4) is 0 Å². The van der Waals surface area contributed by atoms with Gasteiger partial charge in [-0.25, -0.2) is 13.6 Å². The van der Waals surface area contributed by atoms with Gasteiger partial charge >= 0.3 is 5.97 Å². The molecule has 2 unspecified atom stereocenters. The highest BCUT2D eigenvalue weighted by Crippen LogP contribution is 2.40. The number of rotatable bonds is 12. The molecule has 8 rings (SSSR count). The molecule has 0 spiro atoms. The Morgan fingerprint density at radius 2 is 1.06 bits per heavy atom. The molecule has 0 aromatic heterocycles. The van der Waals surface area contributed by atoms with E-state index in [0.29, 0.717) is 75.0 Å². The lowest BCUT2D eigenvalue weighted by atomic mass is 9.91. The Bertz CT molecular complexity index is 2430. The first kappa shape index (κ1) is 50.3. The van der Waals surface area contributed by atoms with Crippen molar-refractivity contribution in [2.75, 3.05) is 61.7 Å². The normalized spacial score (nSPS) is 21.3. The molecule has 13 nitrogen and oxygen atoms in total. The van der Waals surface area contributed by atoms with Crippen molar-refractivity contribution in [3.63, 3.8) is 0 Å². The number of halogens is 4. The minimum Gasteiger partial charge on any atom is -0.495 e. The number of carboxylic acids is 1. The van der Waals surface area contributed by atoms with Crippen LogP contribution in [-0.2, 0) is 19.2 Å². The zero-order valence-electron chi connectivity index (χ0n) is 37.7. The van der Waals surface area contributed by atoms with E-state index in [0.717, 1.165) is 55.2 Å². The van der Waals surface area contributed by atoms with Crippen molar-refractivity contribution in [3.8, 4) is 11.5 Å². The van der Waals surface area contributed by atoms with Gasteiger partial charge in [0.1, 0.15) is 23.1 Å². The number of fused-ring (bicyclic) bond motifs is 4. The highest BCUT2D eigenvalue weighted by atomic mass is 35.5. The summed E-state index contributed by atoms with van der Waals surface area (Å²) >= 11 is 12.1. The number of amides is 3. The number of anilines is 4. The first-order chi connectivity index (χ1) is 32.1. The summed E-state index contributed by atoms with van der Waals surface area (Å²) in [7, 11) is 2.96. The Morgan fingerprint density at radius 1 is 0.657 bits per heavy atom. The summed E-state index contributed by atoms with van der Waals surface area (Å²) < 4.78 is 36.3. The molecule has 4 fully saturated rings. The predicted octanol–water partition coefficient (Wildman–Crippen LogP) is 9.45. The van der Waals surface area contributed by atoms with Gasteiger partial charge in [-0.15, -0.1) is 0 Å². The van der Waals surface area contributed by atoms with Crippen LogP contribution in [0.25, 0.3) is 12.2 Å². The van der Waals surface area contributed by atoms with Crippen molar-refractivity contribution in [2.45, 2.75) is 51.6 Å². The number of benzene rings is 4. The number of hydrogen-bond acceptors (Lipinski definition) is 9. The average Bonchev–Trinajstić information content (AvgIpc) is 3.62. The van der Waals surface area contributed by atoms with Crippen molar-refractivity contribution in [1.82, 2.24) is 10.2 Å². The Kier molecular flexibility index (Phi) is 17.6. The summed E-state index contributed by atoms with van der Waals surface area (Å²) in [6.07, 6.45) is 10.3. The number of nitrogens with zero attached hydrogens (tertiary/aromatic N) is 1. The van der Waals surface area contributed by atoms with E-state index in [9.17, 15) is 28.0 Å². The first-order valence-electron chi connectivity index (χ1n) is 22.0. The molecule has 4 bridgehead atoms. The summed E-state index contributed by atoms with van der Waals surface area (Å²) in [6.45, 7) is 6.34. The lowest BCUT2D eigenvalue weighted by molar-refractivity contribution is -0.131. The fourth-order valence-electron chi connectivity index (χ4n) is 9.19. The van der Waals surface area contributed by atoms with Gasteiger partial charge in [-0.1, -0.05) is 23.2 Å². The summed E-state index contributed by atoms with van der Waals surface area (Å²) in [5.74, 6) is 0.938. The van der Waals surface area contributed by atoms with E-state index in [1.54, 1.807) is 36.4 Å². The third-order valence-electron chi connectivity index (χ3n) is 12.3. The zero-order chi connectivity index (χ0) is 48.2. The highest BCUT2D eigenvalue weighted by Gasteiger charge is 2.43. The van der Waals surface area contributed by atoms with Crippen LogP contribution in [-0.4, -0.2) is 86.2 Å². The van der Waals surface area contributed by atoms with E-state index in [4.69, 9.17) is 37.8 Å². The maximum atomic E-state index is 13.2. The van der Waals surface area contributed by atoms with Crippen molar-refractivity contribution in [2.24, 2.45) is 23.7 Å². The molecule has 6 atom stereocenters. The number of hydrogen-bond donors (Lipinski definition) is 6. The molecule has 356 valence electrons. The van der Waals surface area contributed by atoms with Crippen LogP contribution in [0.1, 0.15) is 50.7 Å². The molecular formula is C50H56Cl2F2N6O7. The monoisotopic (exact) mass is 960 g/mol. The number of piperidine rings is 2. The largest absolute Gasteiger partial charge is 0.495 e. The second kappa shape index (κ2) is 23.5. The van der Waals surface area contributed by atoms with E-state index < -0.39 is 5.97 Å². The van der Waals surface area contributed by atoms with Crippen molar-refractivity contribution >= 4 is 81.8 Å². The van der Waals surface area contributed by atoms with Crippen LogP contribution in [0.4, 0.5) is 31.5 Å². The third kappa shape index (κ3) is 13.9. The van der Waals surface area contributed by atoms with Gasteiger partial charge in [0.05, 0.1) is 24.3 Å². The molecule has 4 aromatic carbocycles. The zero-order valence-corrected chi connectivity index (χ0v) is 39.2. The molecule has 17 heteroatoms. The number of aliphatic carboxylic acids is 1. The van der Waals surface area contributed by atoms with Gasteiger partial charge in [0.2, 0.25) is 17.7 Å². The van der Waals surface area contributed by atoms with Crippen LogP contribution in [0.15, 0.2) is 84.9 Å². The molecule has 2 saturated heterocycles. The topological polar surface area (TPSA) is 170 Å². The molecule has 6 N–H and O–H groups in total. The number of likely N-dealkylation sites (tertiary alicyclic amines) is 1. The minimum atomic E-state index is -1.09. The van der Waals surface area contributed by atoms with Gasteiger partial charge in [0.15, 0.2) is 0 Å². The van der Waals surface area contributed by atoms with Gasteiger partial charge < -0.3 is 46.1 Å². The molecule has 2 saturated carbocycles. The standard InChI is InChI=1S/C25H27ClFN3O3.C13H17FN2.C12H12ClNO4/c1-15(31)28-22-12-21(26)23(33-2)11-16(22)5-10-24(32)30-13-17-3-4-18(14-30)25(17)29-20-8-6-19(27)7-9-20;14-11-3-5-12(6-4-11)16-13-9-1-2-10(13)8-15-7-9;1-7(15)14-10-6-9(13)11(18-2)5-8(10)3-4-12(16)17/h5-12,17-18,25,29H,3-4,13-14H2,1-2H3,(H,28,31);3-6,9-10,13,15-16H,1-2,7-8H2;3-6H,1-2H3,(H,14,15)(H,16,17)/b10-5+;;4-3+/t17-,18+,25?;9-,10+,13?;. The number of carbonyl (C=O) groups is 4. The molecule has 0 radical (unpaired) electrons. The third-order valence-corrected chi connectivity index (χ3v) is 12.9. The Labute approximate surface area is 399 Å². The van der Waals surface area contributed by atoms with Crippen LogP contribution in [0.5, 0.6) is 11.5 Å². The van der Waals surface area contributed by atoms with E-state index >= 15 is 0 Å². The van der Waals surface area contributed by atoms with Gasteiger partial charge in [0.25, 0.3) is 0 Å². The van der Waals surface area contributed by atoms with Gasteiger partial charge in [-0.3, -0.25) is 14.4 Å². The van der Waals surface area contributed by atoms with E-state index in [1.807, 2.05) is 17.0 Å². The number of nitrogens with one attached hydrogen (secondary N) is 5. The van der Waals surface area contributed by atoms with Crippen LogP contribution in [0, 0.1) is 35.3 Å². The second-order valence-corrected chi connectivity index (χ2v) is 17.8. The highest BCUT2D eigenvalue weighted by molar-refractivity contribution is 6.33. The van der Waals surface area contributed by atoms with Crippen molar-refractivity contribution in [3.05, 3.63) is 118 Å². The van der Waals surface area contributed by atoms with Crippen LogP contribution in [0.2, 0.25) is 10.0 Å². The lowest BCUT2D eigenvalue weighted by Gasteiger charge is -2.38. The van der Waals surface area contributed by atoms with Gasteiger partial charge in [-0.05, 0) is 147 Å². The average molecular weight is 962 g/mol. The lowest BCUT2D eigenvalue weighted by Crippen LogP contribution is -2.49. The molecule has 2 aliphatic heterocycles. The smallest absolute Gasteiger partial charge is 0.328 e. The number of carboxylic acid groups (broad SMARTS) is 1. The van der Waals surface area contributed by atoms with Gasteiger partial charge in [0, 0.05) is 85.0 Å². The molecule has 4 aromatic rings. The maximum Gasteiger partial charge on any atom is 0.328 e. The van der Waals surface area contributed by atoms with Crippen LogP contribution >= 0.6 is 23.2 Å². The molecule has 2 aliphatic carbocycles. The van der Waals surface area contributed by atoms with Gasteiger partial charge in [-0.2, -0.15) is 0 Å². The summed E-state index contributed by atoms with van der Waals surface area (Å²) in [5.41, 5.74) is 4.01. The number of ether oxygens (including phenoxy) is 2. The molecule has 4 aliphatic rings. The van der Waals surface area contributed by atoms with E-state index in [1.165, 1.54) is 83.4 Å². The summed E-state index contributed by atoms with van der Waals surface area (Å²) in [4.78, 5) is 48.0. The van der Waals surface area contributed by atoms with E-state index in [2.05, 4.69) is 26.6 Å². The Hall–Kier alpha value is -6.16. The molecular weight excluding hydrogens is 905 g/mol. The van der Waals surface area contributed by atoms with Crippen molar-refractivity contribution in [1.29, 1.82) is 0 Å². The molecule has 2 heterocycles. The fraction of sp³-hybridized carbons (Fsp3) is 0.360. The second-order valence-electron chi connectivity index (χ2n) is 17.0. The maximum absolute atomic E-state index is 13.2. The van der Waals surface area contributed by atoms with E-state index in [-0.39, 0.29) is 35.4 Å². The molecule has 3 amide bonds. The first-order valence-corrected chi connectivity index (χ1v) is 22.8. The number of carbonyl (C=O) groups excluding carboxylic acids is 3. The predicted molar refractivity (Wildman–Crippen MR) is 260 cm³/mol. The quantitative estimate of drug-likeness (QED) is 0.0753. The summed E-state index contributed by atoms with van der Waals surface area (Å²) in [6, 6.07) is 20.3. The number of methoxy groups -OCH3 is 2. The SMILES string of the molecule is COc1cc(/C=C/C(=O)N2C[C@H]3CC[C@@H](C2)C3Nc2ccc(F)cc2)c(NC(C)=O)cc1Cl.COc1cc(/C=C/C(=O)O)c(NC(C)=O)cc1Cl.Fc1ccc(NC2[C@@H]3CC[C@H]2CNC3)cc1. The molecule has 67 heavy (non-hydrogen) atoms. The van der Waals surface area contributed by atoms with Crippen molar-refractivity contribution < 1.29 is 42.5 Å². The minimum absolute atomic E-state index is 0.0742. The Morgan fingerprint density at radius 3 is 1.46 bits per heavy atom. The Balaban J connectivity index is 0.000000183. The fourth-order valence-corrected chi connectivity index (χ4v) is 9.67.